The van der Waals surface area contributed by atoms with Crippen LogP contribution in [0, 0.1) is 11.8 Å². The summed E-state index contributed by atoms with van der Waals surface area (Å²) in [5.41, 5.74) is 0.776. The van der Waals surface area contributed by atoms with Crippen LogP contribution in [0.2, 0.25) is 0 Å². The van der Waals surface area contributed by atoms with Crippen LogP contribution in [-0.4, -0.2) is 75.0 Å². The zero-order valence-electron chi connectivity index (χ0n) is 19.4. The highest BCUT2D eigenvalue weighted by Gasteiger charge is 2.42. The van der Waals surface area contributed by atoms with Gasteiger partial charge in [-0.2, -0.15) is 0 Å². The Kier molecular flexibility index (Phi) is 12.1. The van der Waals surface area contributed by atoms with Crippen molar-refractivity contribution in [1.29, 1.82) is 0 Å². The van der Waals surface area contributed by atoms with Crippen LogP contribution in [0.1, 0.15) is 18.9 Å². The van der Waals surface area contributed by atoms with Crippen LogP contribution in [0.4, 0.5) is 4.79 Å². The summed E-state index contributed by atoms with van der Waals surface area (Å²) in [6.07, 6.45) is -2.60. The van der Waals surface area contributed by atoms with Gasteiger partial charge in [-0.3, -0.25) is 14.4 Å². The SMILES string of the molecule is COC(=O)C(C(=O)OC)[C@@H](C)[C@H](NC(=O)C[C@@H](O)CNC(=O)OCc1ccccc1)C(=O)OC. The first-order chi connectivity index (χ1) is 16.1. The summed E-state index contributed by atoms with van der Waals surface area (Å²) in [7, 11) is 3.19. The molecule has 3 N–H and O–H groups in total. The first-order valence-electron chi connectivity index (χ1n) is 10.3. The largest absolute Gasteiger partial charge is 0.468 e. The molecule has 2 amide bonds. The molecule has 3 atom stereocenters. The fourth-order valence-electron chi connectivity index (χ4n) is 3.00. The zero-order chi connectivity index (χ0) is 25.7. The van der Waals surface area contributed by atoms with Gasteiger partial charge < -0.3 is 34.7 Å². The van der Waals surface area contributed by atoms with Gasteiger partial charge in [0.25, 0.3) is 0 Å². The highest BCUT2D eigenvalue weighted by atomic mass is 16.6. The number of alkyl carbamates (subject to hydrolysis) is 1. The van der Waals surface area contributed by atoms with E-state index >= 15 is 0 Å². The third-order valence-corrected chi connectivity index (χ3v) is 4.85. The van der Waals surface area contributed by atoms with Crippen LogP contribution < -0.4 is 10.6 Å². The molecule has 1 aromatic rings. The van der Waals surface area contributed by atoms with Crippen LogP contribution in [0.15, 0.2) is 30.3 Å². The van der Waals surface area contributed by atoms with E-state index in [-0.39, 0.29) is 13.2 Å². The molecule has 0 radical (unpaired) electrons. The number of amides is 2. The molecule has 0 unspecified atom stereocenters. The number of esters is 3. The van der Waals surface area contributed by atoms with Gasteiger partial charge in [0.05, 0.1) is 33.9 Å². The van der Waals surface area contributed by atoms with Gasteiger partial charge in [-0.1, -0.05) is 37.3 Å². The van der Waals surface area contributed by atoms with E-state index < -0.39 is 60.3 Å². The number of aliphatic hydroxyl groups excluding tert-OH is 1. The second-order valence-electron chi connectivity index (χ2n) is 7.25. The van der Waals surface area contributed by atoms with E-state index in [4.69, 9.17) is 4.74 Å². The van der Waals surface area contributed by atoms with Crippen LogP contribution in [0.25, 0.3) is 0 Å². The van der Waals surface area contributed by atoms with Gasteiger partial charge in [-0.25, -0.2) is 9.59 Å². The van der Waals surface area contributed by atoms with Gasteiger partial charge in [0.2, 0.25) is 5.91 Å². The van der Waals surface area contributed by atoms with E-state index in [0.29, 0.717) is 0 Å². The lowest BCUT2D eigenvalue weighted by molar-refractivity contribution is -0.163. The molecular formula is C22H30N2O10. The minimum absolute atomic E-state index is 0.0313. The predicted molar refractivity (Wildman–Crippen MR) is 116 cm³/mol. The molecule has 0 fully saturated rings. The number of methoxy groups -OCH3 is 3. The highest BCUT2D eigenvalue weighted by molar-refractivity contribution is 5.96. The van der Waals surface area contributed by atoms with Gasteiger partial charge in [0.15, 0.2) is 5.92 Å². The Morgan fingerprint density at radius 1 is 0.912 bits per heavy atom. The lowest BCUT2D eigenvalue weighted by atomic mass is 9.87. The molecule has 12 heteroatoms. The van der Waals surface area contributed by atoms with Gasteiger partial charge in [0.1, 0.15) is 12.6 Å². The van der Waals surface area contributed by atoms with Gasteiger partial charge in [0, 0.05) is 12.5 Å². The third kappa shape index (κ3) is 9.06. The molecule has 0 aliphatic rings. The first-order valence-corrected chi connectivity index (χ1v) is 10.3. The molecule has 0 aromatic heterocycles. The van der Waals surface area contributed by atoms with Crippen LogP contribution in [0.5, 0.6) is 0 Å². The second-order valence-corrected chi connectivity index (χ2v) is 7.25. The van der Waals surface area contributed by atoms with Crippen molar-refractivity contribution < 1.29 is 48.0 Å². The van der Waals surface area contributed by atoms with Crippen molar-refractivity contribution in [2.45, 2.75) is 32.1 Å². The first kappa shape index (κ1) is 28.4. The molecular weight excluding hydrogens is 452 g/mol. The number of hydrogen-bond donors (Lipinski definition) is 3. The Labute approximate surface area is 196 Å². The molecule has 188 valence electrons. The zero-order valence-corrected chi connectivity index (χ0v) is 19.4. The standard InChI is InChI=1S/C22H30N2O10/c1-13(17(19(27)31-2)20(28)32-3)18(21(29)33-4)24-16(26)10-15(25)11-23-22(30)34-12-14-8-6-5-7-9-14/h5-9,13,15,17-18,25H,10-12H2,1-4H3,(H,23,30)(H,24,26)/t13-,15-,18+/m1/s1. The maximum absolute atomic E-state index is 12.4. The molecule has 34 heavy (non-hydrogen) atoms. The molecule has 0 aliphatic heterocycles. The van der Waals surface area contributed by atoms with E-state index in [9.17, 15) is 29.1 Å². The van der Waals surface area contributed by atoms with Crippen molar-refractivity contribution in [1.82, 2.24) is 10.6 Å². The Morgan fingerprint density at radius 2 is 1.47 bits per heavy atom. The summed E-state index contributed by atoms with van der Waals surface area (Å²) in [5.74, 6) is -6.23. The highest BCUT2D eigenvalue weighted by Crippen LogP contribution is 2.20. The molecule has 12 nitrogen and oxygen atoms in total. The maximum Gasteiger partial charge on any atom is 0.407 e. The number of nitrogens with one attached hydrogen (secondary N) is 2. The van der Waals surface area contributed by atoms with E-state index in [0.717, 1.165) is 26.9 Å². The van der Waals surface area contributed by atoms with Crippen LogP contribution >= 0.6 is 0 Å². The number of hydrogen-bond acceptors (Lipinski definition) is 10. The predicted octanol–water partition coefficient (Wildman–Crippen LogP) is -0.0801. The van der Waals surface area contributed by atoms with Crippen LogP contribution in [0.3, 0.4) is 0 Å². The third-order valence-electron chi connectivity index (χ3n) is 4.85. The average Bonchev–Trinajstić information content (AvgIpc) is 2.84. The number of carbonyl (C=O) groups excluding carboxylic acids is 5. The Morgan fingerprint density at radius 3 is 2.00 bits per heavy atom. The fraction of sp³-hybridized carbons (Fsp3) is 0.500. The van der Waals surface area contributed by atoms with Crippen molar-refractivity contribution in [2.75, 3.05) is 27.9 Å². The minimum atomic E-state index is -1.51. The Bertz CT molecular complexity index is 829. The number of rotatable bonds is 12. The molecule has 0 spiro atoms. The fourth-order valence-corrected chi connectivity index (χ4v) is 3.00. The smallest absolute Gasteiger partial charge is 0.407 e. The molecule has 0 aliphatic carbocycles. The summed E-state index contributed by atoms with van der Waals surface area (Å²) in [4.78, 5) is 60.5. The molecule has 0 saturated carbocycles. The van der Waals surface area contributed by atoms with E-state index in [1.54, 1.807) is 24.3 Å². The van der Waals surface area contributed by atoms with E-state index in [1.807, 2.05) is 6.07 Å². The van der Waals surface area contributed by atoms with Gasteiger partial charge >= 0.3 is 24.0 Å². The summed E-state index contributed by atoms with van der Waals surface area (Å²) in [6.45, 7) is 1.09. The summed E-state index contributed by atoms with van der Waals surface area (Å²) in [5, 5.41) is 14.7. The molecule has 0 bridgehead atoms. The Hall–Kier alpha value is -3.67. The lowest BCUT2D eigenvalue weighted by Gasteiger charge is -2.27. The normalized spacial score (nSPS) is 13.1. The van der Waals surface area contributed by atoms with Crippen molar-refractivity contribution in [3.8, 4) is 0 Å². The monoisotopic (exact) mass is 482 g/mol. The summed E-state index contributed by atoms with van der Waals surface area (Å²) >= 11 is 0. The minimum Gasteiger partial charge on any atom is -0.468 e. The molecule has 0 heterocycles. The van der Waals surface area contributed by atoms with Gasteiger partial charge in [-0.15, -0.1) is 0 Å². The van der Waals surface area contributed by atoms with Crippen molar-refractivity contribution in [3.63, 3.8) is 0 Å². The molecule has 0 saturated heterocycles. The van der Waals surface area contributed by atoms with Crippen LogP contribution in [-0.2, 0) is 44.7 Å². The van der Waals surface area contributed by atoms with E-state index in [2.05, 4.69) is 24.8 Å². The van der Waals surface area contributed by atoms with Gasteiger partial charge in [-0.05, 0) is 5.56 Å². The van der Waals surface area contributed by atoms with E-state index in [1.165, 1.54) is 6.92 Å². The quantitative estimate of drug-likeness (QED) is 0.208. The Balaban J connectivity index is 2.66. The number of ether oxygens (including phenoxy) is 4. The average molecular weight is 482 g/mol. The topological polar surface area (TPSA) is 167 Å². The maximum atomic E-state index is 12.4. The number of aliphatic hydroxyl groups is 1. The van der Waals surface area contributed by atoms with Crippen molar-refractivity contribution in [3.05, 3.63) is 35.9 Å². The van der Waals surface area contributed by atoms with Crippen molar-refractivity contribution >= 4 is 29.9 Å². The summed E-state index contributed by atoms with van der Waals surface area (Å²) in [6, 6.07) is 7.53. The summed E-state index contributed by atoms with van der Waals surface area (Å²) < 4.78 is 18.9. The van der Waals surface area contributed by atoms with Crippen molar-refractivity contribution in [2.24, 2.45) is 11.8 Å². The molecule has 1 rings (SSSR count). The lowest BCUT2D eigenvalue weighted by Crippen LogP contribution is -2.51. The number of benzene rings is 1. The molecule has 1 aromatic carbocycles. The number of carbonyl (C=O) groups is 5. The second kappa shape index (κ2) is 14.5.